The third-order valence-electron chi connectivity index (χ3n) is 4.39. The number of carbonyl (C=O) groups excluding carboxylic acids is 1. The number of ether oxygens (including phenoxy) is 1. The number of amides is 1. The molecule has 1 heterocycles. The molecule has 1 saturated heterocycles. The summed E-state index contributed by atoms with van der Waals surface area (Å²) in [6.07, 6.45) is 0.755. The molecule has 132 valence electrons. The van der Waals surface area contributed by atoms with E-state index in [2.05, 4.69) is 0 Å². The predicted octanol–water partition coefficient (Wildman–Crippen LogP) is 4.62. The van der Waals surface area contributed by atoms with E-state index in [1.807, 2.05) is 30.3 Å². The number of piperidine rings is 1. The van der Waals surface area contributed by atoms with E-state index in [9.17, 15) is 18.0 Å². The minimum absolute atomic E-state index is 0.0967. The molecular formula is C19H18F3NO2. The van der Waals surface area contributed by atoms with Crippen LogP contribution < -0.4 is 0 Å². The summed E-state index contributed by atoms with van der Waals surface area (Å²) in [5.74, 6) is -4.24. The molecule has 3 rings (SSSR count). The van der Waals surface area contributed by atoms with Crippen molar-refractivity contribution >= 4 is 6.09 Å². The lowest BCUT2D eigenvalue weighted by molar-refractivity contribution is 0.0855. The Balaban J connectivity index is 1.65. The first kappa shape index (κ1) is 17.3. The Labute approximate surface area is 144 Å². The van der Waals surface area contributed by atoms with Crippen LogP contribution in [0.15, 0.2) is 42.5 Å². The zero-order valence-corrected chi connectivity index (χ0v) is 13.6. The van der Waals surface area contributed by atoms with Gasteiger partial charge in [0.15, 0.2) is 17.5 Å². The molecule has 2 aromatic rings. The molecular weight excluding hydrogens is 331 g/mol. The van der Waals surface area contributed by atoms with Crippen molar-refractivity contribution in [1.82, 2.24) is 4.90 Å². The van der Waals surface area contributed by atoms with Crippen molar-refractivity contribution in [1.29, 1.82) is 0 Å². The highest BCUT2D eigenvalue weighted by Gasteiger charge is 2.29. The van der Waals surface area contributed by atoms with E-state index in [-0.39, 0.29) is 24.6 Å². The number of hydrogen-bond donors (Lipinski definition) is 0. The van der Waals surface area contributed by atoms with Gasteiger partial charge in [-0.15, -0.1) is 0 Å². The molecule has 0 N–H and O–H groups in total. The van der Waals surface area contributed by atoms with Gasteiger partial charge < -0.3 is 9.64 Å². The molecule has 1 amide bonds. The van der Waals surface area contributed by atoms with Crippen LogP contribution in [-0.2, 0) is 11.3 Å². The first-order valence-electron chi connectivity index (χ1n) is 8.15. The van der Waals surface area contributed by atoms with Gasteiger partial charge in [-0.25, -0.2) is 18.0 Å². The van der Waals surface area contributed by atoms with Gasteiger partial charge in [0.2, 0.25) is 0 Å². The van der Waals surface area contributed by atoms with E-state index in [1.54, 1.807) is 0 Å². The Morgan fingerprint density at radius 3 is 2.60 bits per heavy atom. The van der Waals surface area contributed by atoms with Crippen LogP contribution in [0.5, 0.6) is 0 Å². The predicted molar refractivity (Wildman–Crippen MR) is 86.5 cm³/mol. The molecule has 0 bridgehead atoms. The molecule has 1 aliphatic heterocycles. The summed E-state index contributed by atoms with van der Waals surface area (Å²) in [6.45, 7) is 0.866. The molecule has 1 atom stereocenters. The van der Waals surface area contributed by atoms with E-state index in [0.717, 1.165) is 11.6 Å². The molecule has 3 nitrogen and oxygen atoms in total. The standard InChI is InChI=1S/C19H18F3NO2/c20-16-9-8-15(17(21)18(16)22)14-7-4-10-23(11-14)19(24)25-12-13-5-2-1-3-6-13/h1-3,5-6,8-9,14H,4,7,10-12H2. The van der Waals surface area contributed by atoms with Gasteiger partial charge in [-0.2, -0.15) is 0 Å². The molecule has 0 radical (unpaired) electrons. The topological polar surface area (TPSA) is 29.5 Å². The molecule has 25 heavy (non-hydrogen) atoms. The van der Waals surface area contributed by atoms with Crippen molar-refractivity contribution in [2.24, 2.45) is 0 Å². The number of benzene rings is 2. The minimum Gasteiger partial charge on any atom is -0.445 e. The lowest BCUT2D eigenvalue weighted by Gasteiger charge is -2.32. The normalized spacial score (nSPS) is 17.4. The number of halogens is 3. The second-order valence-electron chi connectivity index (χ2n) is 6.09. The Kier molecular flexibility index (Phi) is 5.26. The summed E-state index contributed by atoms with van der Waals surface area (Å²) in [6, 6.07) is 11.4. The van der Waals surface area contributed by atoms with Crippen molar-refractivity contribution in [3.8, 4) is 0 Å². The van der Waals surface area contributed by atoms with E-state index in [4.69, 9.17) is 4.74 Å². The van der Waals surface area contributed by atoms with Gasteiger partial charge in [-0.1, -0.05) is 36.4 Å². The number of hydrogen-bond acceptors (Lipinski definition) is 2. The summed E-state index contributed by atoms with van der Waals surface area (Å²) in [5, 5.41) is 0. The van der Waals surface area contributed by atoms with Crippen molar-refractivity contribution in [2.45, 2.75) is 25.4 Å². The van der Waals surface area contributed by atoms with Gasteiger partial charge in [-0.3, -0.25) is 0 Å². The van der Waals surface area contributed by atoms with Gasteiger partial charge in [0.1, 0.15) is 6.61 Å². The highest BCUT2D eigenvalue weighted by atomic mass is 19.2. The summed E-state index contributed by atoms with van der Waals surface area (Å²) in [7, 11) is 0. The van der Waals surface area contributed by atoms with Crippen LogP contribution in [0, 0.1) is 17.5 Å². The van der Waals surface area contributed by atoms with Gasteiger partial charge in [0, 0.05) is 19.0 Å². The fourth-order valence-electron chi connectivity index (χ4n) is 3.06. The lowest BCUT2D eigenvalue weighted by Crippen LogP contribution is -2.39. The largest absolute Gasteiger partial charge is 0.445 e. The van der Waals surface area contributed by atoms with E-state index >= 15 is 0 Å². The van der Waals surface area contributed by atoms with Crippen molar-refractivity contribution < 1.29 is 22.7 Å². The third kappa shape index (κ3) is 3.95. The summed E-state index contributed by atoms with van der Waals surface area (Å²) < 4.78 is 45.8. The average molecular weight is 349 g/mol. The van der Waals surface area contributed by atoms with Crippen LogP contribution in [-0.4, -0.2) is 24.1 Å². The maximum atomic E-state index is 14.0. The van der Waals surface area contributed by atoms with Crippen molar-refractivity contribution in [3.63, 3.8) is 0 Å². The Morgan fingerprint density at radius 1 is 1.08 bits per heavy atom. The van der Waals surface area contributed by atoms with Gasteiger partial charge in [0.25, 0.3) is 0 Å². The minimum atomic E-state index is -1.47. The molecule has 6 heteroatoms. The smallest absolute Gasteiger partial charge is 0.410 e. The zero-order chi connectivity index (χ0) is 17.8. The second kappa shape index (κ2) is 7.59. The number of likely N-dealkylation sites (tertiary alicyclic amines) is 1. The SMILES string of the molecule is O=C(OCc1ccccc1)N1CCCC(c2ccc(F)c(F)c2F)C1. The molecule has 1 unspecified atom stereocenters. The lowest BCUT2D eigenvalue weighted by atomic mass is 9.90. The molecule has 1 aliphatic rings. The molecule has 0 aromatic heterocycles. The van der Waals surface area contributed by atoms with Crippen LogP contribution in [0.4, 0.5) is 18.0 Å². The van der Waals surface area contributed by atoms with Crippen molar-refractivity contribution in [2.75, 3.05) is 13.1 Å². The quantitative estimate of drug-likeness (QED) is 0.757. The van der Waals surface area contributed by atoms with Gasteiger partial charge >= 0.3 is 6.09 Å². The summed E-state index contributed by atoms with van der Waals surface area (Å²) in [4.78, 5) is 13.7. The van der Waals surface area contributed by atoms with Crippen LogP contribution in [0.25, 0.3) is 0 Å². The van der Waals surface area contributed by atoms with Gasteiger partial charge in [-0.05, 0) is 30.0 Å². The molecule has 0 saturated carbocycles. The highest BCUT2D eigenvalue weighted by Crippen LogP contribution is 2.30. The van der Waals surface area contributed by atoms with Crippen LogP contribution >= 0.6 is 0 Å². The fourth-order valence-corrected chi connectivity index (χ4v) is 3.06. The maximum absolute atomic E-state index is 14.0. The first-order chi connectivity index (χ1) is 12.1. The van der Waals surface area contributed by atoms with Crippen LogP contribution in [0.2, 0.25) is 0 Å². The highest BCUT2D eigenvalue weighted by molar-refractivity contribution is 5.68. The average Bonchev–Trinajstić information content (AvgIpc) is 2.65. The molecule has 1 fully saturated rings. The fraction of sp³-hybridized carbons (Fsp3) is 0.316. The van der Waals surface area contributed by atoms with Crippen LogP contribution in [0.1, 0.15) is 29.9 Å². The first-order valence-corrected chi connectivity index (χ1v) is 8.15. The molecule has 0 spiro atoms. The van der Waals surface area contributed by atoms with E-state index < -0.39 is 23.5 Å². The maximum Gasteiger partial charge on any atom is 0.410 e. The molecule has 0 aliphatic carbocycles. The number of carbonyl (C=O) groups is 1. The van der Waals surface area contributed by atoms with E-state index in [1.165, 1.54) is 11.0 Å². The third-order valence-corrected chi connectivity index (χ3v) is 4.39. The Hall–Kier alpha value is -2.50. The Bertz CT molecular complexity index is 752. The second-order valence-corrected chi connectivity index (χ2v) is 6.09. The Morgan fingerprint density at radius 2 is 1.84 bits per heavy atom. The zero-order valence-electron chi connectivity index (χ0n) is 13.6. The number of nitrogens with zero attached hydrogens (tertiary/aromatic N) is 1. The summed E-state index contributed by atoms with van der Waals surface area (Å²) >= 11 is 0. The monoisotopic (exact) mass is 349 g/mol. The molecule has 2 aromatic carbocycles. The van der Waals surface area contributed by atoms with Crippen LogP contribution in [0.3, 0.4) is 0 Å². The van der Waals surface area contributed by atoms with Crippen molar-refractivity contribution in [3.05, 3.63) is 71.0 Å². The number of rotatable bonds is 3. The van der Waals surface area contributed by atoms with E-state index in [0.29, 0.717) is 19.4 Å². The summed E-state index contributed by atoms with van der Waals surface area (Å²) in [5.41, 5.74) is 0.968. The van der Waals surface area contributed by atoms with Gasteiger partial charge in [0.05, 0.1) is 0 Å².